The van der Waals surface area contributed by atoms with Crippen molar-refractivity contribution in [2.75, 3.05) is 6.61 Å². The van der Waals surface area contributed by atoms with Crippen molar-refractivity contribution in [3.05, 3.63) is 30.3 Å². The van der Waals surface area contributed by atoms with Crippen LogP contribution >= 0.6 is 0 Å². The van der Waals surface area contributed by atoms with E-state index < -0.39 is 0 Å². The summed E-state index contributed by atoms with van der Waals surface area (Å²) >= 11 is 0. The molecule has 116 valence electrons. The fourth-order valence-electron chi connectivity index (χ4n) is 3.04. The summed E-state index contributed by atoms with van der Waals surface area (Å²) in [5.74, 6) is 1.49. The van der Waals surface area contributed by atoms with Gasteiger partial charge in [0.25, 0.3) is 5.91 Å². The summed E-state index contributed by atoms with van der Waals surface area (Å²) in [4.78, 5) is 11.9. The molecule has 0 unspecified atom stereocenters. The second kappa shape index (κ2) is 6.97. The first-order valence-corrected chi connectivity index (χ1v) is 7.92. The lowest BCUT2D eigenvalue weighted by Gasteiger charge is -2.37. The highest BCUT2D eigenvalue weighted by Gasteiger charge is 2.30. The van der Waals surface area contributed by atoms with Crippen molar-refractivity contribution >= 4 is 5.91 Å². The third kappa shape index (κ3) is 5.07. The molecule has 1 aliphatic carbocycles. The van der Waals surface area contributed by atoms with Gasteiger partial charge in [0.2, 0.25) is 0 Å². The molecule has 1 aromatic carbocycles. The van der Waals surface area contributed by atoms with Crippen LogP contribution in [0.2, 0.25) is 0 Å². The molecule has 0 radical (unpaired) electrons. The lowest BCUT2D eigenvalue weighted by atomic mass is 9.71. The third-order valence-electron chi connectivity index (χ3n) is 4.43. The molecule has 0 saturated heterocycles. The first kappa shape index (κ1) is 15.9. The number of benzene rings is 1. The quantitative estimate of drug-likeness (QED) is 0.916. The van der Waals surface area contributed by atoms with E-state index in [4.69, 9.17) is 4.74 Å². The van der Waals surface area contributed by atoms with E-state index in [1.807, 2.05) is 30.3 Å². The lowest BCUT2D eigenvalue weighted by molar-refractivity contribution is -0.124. The van der Waals surface area contributed by atoms with E-state index in [0.717, 1.165) is 24.5 Å². The highest BCUT2D eigenvalue weighted by molar-refractivity contribution is 5.77. The van der Waals surface area contributed by atoms with E-state index >= 15 is 0 Å². The predicted octanol–water partition coefficient (Wildman–Crippen LogP) is 3.79. The van der Waals surface area contributed by atoms with Crippen molar-refractivity contribution in [2.45, 2.75) is 52.5 Å². The molecule has 1 N–H and O–H groups in total. The zero-order chi connectivity index (χ0) is 15.3. The Labute approximate surface area is 128 Å². The summed E-state index contributed by atoms with van der Waals surface area (Å²) in [5.41, 5.74) is 0.380. The maximum atomic E-state index is 11.9. The van der Waals surface area contributed by atoms with Crippen LogP contribution in [-0.4, -0.2) is 18.6 Å². The second-order valence-corrected chi connectivity index (χ2v) is 7.08. The van der Waals surface area contributed by atoms with E-state index in [1.165, 1.54) is 12.8 Å². The first-order valence-electron chi connectivity index (χ1n) is 7.92. The SMILES string of the molecule is CC(C)(C)C1CCC(NC(=O)COc2ccccc2)CC1. The Bertz CT molecular complexity index is 442. The minimum absolute atomic E-state index is 0.0157. The van der Waals surface area contributed by atoms with Gasteiger partial charge < -0.3 is 10.1 Å². The van der Waals surface area contributed by atoms with Crippen LogP contribution in [0.4, 0.5) is 0 Å². The Kier molecular flexibility index (Phi) is 5.27. The predicted molar refractivity (Wildman–Crippen MR) is 85.3 cm³/mol. The number of ether oxygens (including phenoxy) is 1. The molecule has 1 aliphatic rings. The topological polar surface area (TPSA) is 38.3 Å². The van der Waals surface area contributed by atoms with E-state index in [-0.39, 0.29) is 12.5 Å². The van der Waals surface area contributed by atoms with Crippen molar-refractivity contribution < 1.29 is 9.53 Å². The third-order valence-corrected chi connectivity index (χ3v) is 4.43. The molecule has 0 aliphatic heterocycles. The van der Waals surface area contributed by atoms with Crippen molar-refractivity contribution in [2.24, 2.45) is 11.3 Å². The van der Waals surface area contributed by atoms with Gasteiger partial charge in [0, 0.05) is 6.04 Å². The molecule has 1 fully saturated rings. The maximum Gasteiger partial charge on any atom is 0.258 e. The van der Waals surface area contributed by atoms with E-state index in [2.05, 4.69) is 26.1 Å². The molecule has 0 atom stereocenters. The highest BCUT2D eigenvalue weighted by Crippen LogP contribution is 2.37. The summed E-state index contributed by atoms with van der Waals surface area (Å²) in [6.07, 6.45) is 4.57. The fraction of sp³-hybridized carbons (Fsp3) is 0.611. The van der Waals surface area contributed by atoms with Gasteiger partial charge in [-0.15, -0.1) is 0 Å². The number of nitrogens with one attached hydrogen (secondary N) is 1. The molecule has 0 aromatic heterocycles. The van der Waals surface area contributed by atoms with Gasteiger partial charge >= 0.3 is 0 Å². The number of para-hydroxylation sites is 1. The number of carbonyl (C=O) groups is 1. The average Bonchev–Trinajstić information content (AvgIpc) is 2.46. The van der Waals surface area contributed by atoms with Crippen LogP contribution in [0.15, 0.2) is 30.3 Å². The first-order chi connectivity index (χ1) is 9.95. The van der Waals surface area contributed by atoms with Crippen molar-refractivity contribution in [1.29, 1.82) is 0 Å². The van der Waals surface area contributed by atoms with Gasteiger partial charge in [-0.1, -0.05) is 39.0 Å². The van der Waals surface area contributed by atoms with Gasteiger partial charge in [0.05, 0.1) is 0 Å². The lowest BCUT2D eigenvalue weighted by Crippen LogP contribution is -2.41. The summed E-state index contributed by atoms with van der Waals surface area (Å²) in [6.45, 7) is 7.03. The molecular weight excluding hydrogens is 262 g/mol. The van der Waals surface area contributed by atoms with Gasteiger partial charge in [-0.25, -0.2) is 0 Å². The van der Waals surface area contributed by atoms with Crippen LogP contribution in [0.1, 0.15) is 46.5 Å². The van der Waals surface area contributed by atoms with Gasteiger partial charge in [0.15, 0.2) is 6.61 Å². The molecule has 1 amide bonds. The number of carbonyl (C=O) groups excluding carboxylic acids is 1. The highest BCUT2D eigenvalue weighted by atomic mass is 16.5. The number of amides is 1. The molecule has 2 rings (SSSR count). The number of rotatable bonds is 4. The summed E-state index contributed by atoms with van der Waals surface area (Å²) < 4.78 is 5.47. The van der Waals surface area contributed by atoms with Crippen LogP contribution in [0.25, 0.3) is 0 Å². The monoisotopic (exact) mass is 289 g/mol. The van der Waals surface area contributed by atoms with Crippen LogP contribution in [0, 0.1) is 11.3 Å². The molecule has 3 nitrogen and oxygen atoms in total. The summed E-state index contributed by atoms with van der Waals surface area (Å²) in [7, 11) is 0. The van der Waals surface area contributed by atoms with Crippen molar-refractivity contribution in [3.63, 3.8) is 0 Å². The van der Waals surface area contributed by atoms with Crippen LogP contribution in [-0.2, 0) is 4.79 Å². The standard InChI is InChI=1S/C18H27NO2/c1-18(2,3)14-9-11-15(12-10-14)19-17(20)13-21-16-7-5-4-6-8-16/h4-8,14-15H,9-13H2,1-3H3,(H,19,20). The summed E-state index contributed by atoms with van der Waals surface area (Å²) in [6, 6.07) is 9.78. The Hall–Kier alpha value is -1.51. The fourth-order valence-corrected chi connectivity index (χ4v) is 3.04. The molecule has 1 saturated carbocycles. The van der Waals surface area contributed by atoms with Gasteiger partial charge in [-0.05, 0) is 49.1 Å². The normalized spacial score (nSPS) is 22.6. The van der Waals surface area contributed by atoms with E-state index in [1.54, 1.807) is 0 Å². The largest absolute Gasteiger partial charge is 0.484 e. The number of hydrogen-bond acceptors (Lipinski definition) is 2. The van der Waals surface area contributed by atoms with E-state index in [9.17, 15) is 4.79 Å². The van der Waals surface area contributed by atoms with Crippen LogP contribution in [0.5, 0.6) is 5.75 Å². The van der Waals surface area contributed by atoms with Crippen molar-refractivity contribution in [3.8, 4) is 5.75 Å². The molecule has 3 heteroatoms. The minimum atomic E-state index is -0.0157. The smallest absolute Gasteiger partial charge is 0.258 e. The Morgan fingerprint density at radius 1 is 1.14 bits per heavy atom. The van der Waals surface area contributed by atoms with Gasteiger partial charge in [-0.2, -0.15) is 0 Å². The van der Waals surface area contributed by atoms with Gasteiger partial charge in [0.1, 0.15) is 5.75 Å². The number of hydrogen-bond donors (Lipinski definition) is 1. The maximum absolute atomic E-state index is 11.9. The zero-order valence-corrected chi connectivity index (χ0v) is 13.4. The molecule has 21 heavy (non-hydrogen) atoms. The molecular formula is C18H27NO2. The summed E-state index contributed by atoms with van der Waals surface area (Å²) in [5, 5.41) is 3.10. The minimum Gasteiger partial charge on any atom is -0.484 e. The molecule has 1 aromatic rings. The molecule has 0 spiro atoms. The second-order valence-electron chi connectivity index (χ2n) is 7.08. The average molecular weight is 289 g/mol. The molecule has 0 heterocycles. The van der Waals surface area contributed by atoms with Gasteiger partial charge in [-0.3, -0.25) is 4.79 Å². The molecule has 0 bridgehead atoms. The van der Waals surface area contributed by atoms with E-state index in [0.29, 0.717) is 11.5 Å². The Balaban J connectivity index is 1.70. The Morgan fingerprint density at radius 3 is 2.33 bits per heavy atom. The Morgan fingerprint density at radius 2 is 1.76 bits per heavy atom. The van der Waals surface area contributed by atoms with Crippen LogP contribution in [0.3, 0.4) is 0 Å². The van der Waals surface area contributed by atoms with Crippen molar-refractivity contribution in [1.82, 2.24) is 5.32 Å². The van der Waals surface area contributed by atoms with Crippen LogP contribution < -0.4 is 10.1 Å². The zero-order valence-electron chi connectivity index (χ0n) is 13.4.